The number of methoxy groups -OCH3 is 1. The average molecular weight is 399 g/mol. The molecule has 0 spiro atoms. The zero-order valence-electron chi connectivity index (χ0n) is 15.9. The van der Waals surface area contributed by atoms with E-state index in [4.69, 9.17) is 18.6 Å². The molecule has 152 valence electrons. The van der Waals surface area contributed by atoms with Crippen LogP contribution in [-0.2, 0) is 14.3 Å². The van der Waals surface area contributed by atoms with Gasteiger partial charge in [-0.3, -0.25) is 9.59 Å². The number of nitrogens with zero attached hydrogens (tertiary/aromatic N) is 1. The maximum Gasteiger partial charge on any atom is 0.295 e. The van der Waals surface area contributed by atoms with Gasteiger partial charge in [0.25, 0.3) is 11.7 Å². The number of ether oxygens (including phenoxy) is 3. The van der Waals surface area contributed by atoms with Crippen molar-refractivity contribution in [2.45, 2.75) is 12.5 Å². The van der Waals surface area contributed by atoms with Crippen molar-refractivity contribution in [2.24, 2.45) is 0 Å². The molecule has 4 rings (SSSR count). The lowest BCUT2D eigenvalue weighted by Gasteiger charge is -2.23. The fourth-order valence-electron chi connectivity index (χ4n) is 3.58. The van der Waals surface area contributed by atoms with E-state index in [-0.39, 0.29) is 11.3 Å². The molecule has 1 aromatic heterocycles. The summed E-state index contributed by atoms with van der Waals surface area (Å²) in [6, 6.07) is 7.43. The third kappa shape index (κ3) is 3.47. The Hall–Kier alpha value is -3.26. The van der Waals surface area contributed by atoms with E-state index in [1.165, 1.54) is 11.2 Å². The van der Waals surface area contributed by atoms with Gasteiger partial charge in [0.05, 0.1) is 11.8 Å². The van der Waals surface area contributed by atoms with Crippen LogP contribution in [-0.4, -0.2) is 55.2 Å². The molecule has 3 heterocycles. The van der Waals surface area contributed by atoms with Gasteiger partial charge in [0.1, 0.15) is 30.8 Å². The predicted octanol–water partition coefficient (Wildman–Crippen LogP) is 2.51. The summed E-state index contributed by atoms with van der Waals surface area (Å²) in [6.45, 7) is 1.58. The van der Waals surface area contributed by atoms with Crippen molar-refractivity contribution in [1.82, 2.24) is 4.90 Å². The summed E-state index contributed by atoms with van der Waals surface area (Å²) in [7, 11) is 1.57. The number of fused-ring (bicyclic) bond motifs is 1. The molecular formula is C21H21NO7. The molecule has 1 N–H and O–H groups in total. The first-order valence-electron chi connectivity index (χ1n) is 9.32. The van der Waals surface area contributed by atoms with Crippen LogP contribution in [0.5, 0.6) is 11.5 Å². The SMILES string of the molecule is COCCCN1C(=O)C(=O)C(=C(O)c2ccc3c(c2)OCCO3)[C@@H]1c1ccco1. The van der Waals surface area contributed by atoms with Gasteiger partial charge < -0.3 is 28.6 Å². The maximum absolute atomic E-state index is 12.8. The van der Waals surface area contributed by atoms with Crippen LogP contribution in [0.3, 0.4) is 0 Å². The lowest BCUT2D eigenvalue weighted by Crippen LogP contribution is -2.31. The summed E-state index contributed by atoms with van der Waals surface area (Å²) in [6.07, 6.45) is 2.01. The van der Waals surface area contributed by atoms with E-state index in [1.807, 2.05) is 0 Å². The van der Waals surface area contributed by atoms with Gasteiger partial charge in [0.15, 0.2) is 11.5 Å². The molecule has 1 amide bonds. The van der Waals surface area contributed by atoms with Crippen molar-refractivity contribution < 1.29 is 33.3 Å². The minimum absolute atomic E-state index is 0.0148. The van der Waals surface area contributed by atoms with E-state index in [1.54, 1.807) is 37.4 Å². The molecule has 2 aromatic rings. The molecule has 0 unspecified atom stereocenters. The van der Waals surface area contributed by atoms with Crippen LogP contribution in [0.25, 0.3) is 5.76 Å². The number of carbonyl (C=O) groups is 2. The van der Waals surface area contributed by atoms with Crippen molar-refractivity contribution in [3.63, 3.8) is 0 Å². The fraction of sp³-hybridized carbons (Fsp3) is 0.333. The molecule has 1 aromatic carbocycles. The predicted molar refractivity (Wildman–Crippen MR) is 102 cm³/mol. The number of carbonyl (C=O) groups excluding carboxylic acids is 2. The van der Waals surface area contributed by atoms with E-state index < -0.39 is 17.7 Å². The summed E-state index contributed by atoms with van der Waals surface area (Å²) in [5, 5.41) is 11.0. The van der Waals surface area contributed by atoms with Crippen molar-refractivity contribution in [2.75, 3.05) is 33.5 Å². The topological polar surface area (TPSA) is 98.4 Å². The molecule has 0 aliphatic carbocycles. The van der Waals surface area contributed by atoms with Gasteiger partial charge in [-0.15, -0.1) is 0 Å². The Morgan fingerprint density at radius 1 is 1.21 bits per heavy atom. The van der Waals surface area contributed by atoms with E-state index in [0.29, 0.717) is 55.6 Å². The number of aliphatic hydroxyl groups is 1. The first kappa shape index (κ1) is 19.1. The van der Waals surface area contributed by atoms with Crippen molar-refractivity contribution in [3.8, 4) is 11.5 Å². The first-order chi connectivity index (χ1) is 14.1. The molecule has 29 heavy (non-hydrogen) atoms. The minimum atomic E-state index is -0.810. The van der Waals surface area contributed by atoms with Crippen LogP contribution >= 0.6 is 0 Å². The Morgan fingerprint density at radius 2 is 2.00 bits per heavy atom. The number of amides is 1. The van der Waals surface area contributed by atoms with Crippen molar-refractivity contribution in [1.29, 1.82) is 0 Å². The molecule has 1 fully saturated rings. The minimum Gasteiger partial charge on any atom is -0.507 e. The largest absolute Gasteiger partial charge is 0.507 e. The molecule has 0 saturated carbocycles. The van der Waals surface area contributed by atoms with Gasteiger partial charge in [0.2, 0.25) is 0 Å². The molecule has 1 saturated heterocycles. The summed E-state index contributed by atoms with van der Waals surface area (Å²) >= 11 is 0. The molecule has 8 heteroatoms. The van der Waals surface area contributed by atoms with Crippen molar-refractivity contribution >= 4 is 17.4 Å². The fourth-order valence-corrected chi connectivity index (χ4v) is 3.58. The van der Waals surface area contributed by atoms with E-state index in [0.717, 1.165) is 0 Å². The van der Waals surface area contributed by atoms with Crippen LogP contribution in [0.1, 0.15) is 23.8 Å². The lowest BCUT2D eigenvalue weighted by molar-refractivity contribution is -0.140. The number of Topliss-reactive ketones (excluding diaryl/α,β-unsaturated/α-hetero) is 1. The molecule has 0 bridgehead atoms. The number of aliphatic hydroxyl groups excluding tert-OH is 1. The summed E-state index contributed by atoms with van der Waals surface area (Å²) in [4.78, 5) is 26.9. The van der Waals surface area contributed by atoms with Gasteiger partial charge in [0, 0.05) is 25.8 Å². The number of ketones is 1. The summed E-state index contributed by atoms with van der Waals surface area (Å²) in [5.74, 6) is -0.269. The molecule has 2 aliphatic rings. The second-order valence-electron chi connectivity index (χ2n) is 6.71. The second-order valence-corrected chi connectivity index (χ2v) is 6.71. The monoisotopic (exact) mass is 399 g/mol. The molecular weight excluding hydrogens is 378 g/mol. The van der Waals surface area contributed by atoms with E-state index >= 15 is 0 Å². The number of rotatable bonds is 6. The van der Waals surface area contributed by atoms with E-state index in [9.17, 15) is 14.7 Å². The number of likely N-dealkylation sites (tertiary alicyclic amines) is 1. The molecule has 1 atom stereocenters. The normalized spacial score (nSPS) is 20.3. The molecule has 2 aliphatic heterocycles. The smallest absolute Gasteiger partial charge is 0.295 e. The Morgan fingerprint density at radius 3 is 2.72 bits per heavy atom. The van der Waals surface area contributed by atoms with Crippen LogP contribution in [0.15, 0.2) is 46.6 Å². The Kier molecular flexibility index (Phi) is 5.26. The third-order valence-corrected chi connectivity index (χ3v) is 4.92. The maximum atomic E-state index is 12.8. The number of benzene rings is 1. The quantitative estimate of drug-likeness (QED) is 0.345. The molecule has 0 radical (unpaired) electrons. The Labute approximate surface area is 167 Å². The first-order valence-corrected chi connectivity index (χ1v) is 9.32. The lowest BCUT2D eigenvalue weighted by atomic mass is 9.99. The van der Waals surface area contributed by atoms with Gasteiger partial charge in [-0.1, -0.05) is 0 Å². The van der Waals surface area contributed by atoms with Gasteiger partial charge in [-0.2, -0.15) is 0 Å². The van der Waals surface area contributed by atoms with Crippen LogP contribution in [0.2, 0.25) is 0 Å². The third-order valence-electron chi connectivity index (χ3n) is 4.92. The van der Waals surface area contributed by atoms with Gasteiger partial charge >= 0.3 is 0 Å². The highest BCUT2D eigenvalue weighted by molar-refractivity contribution is 6.46. The highest BCUT2D eigenvalue weighted by Gasteiger charge is 2.47. The zero-order chi connectivity index (χ0) is 20.4. The van der Waals surface area contributed by atoms with Crippen LogP contribution in [0.4, 0.5) is 0 Å². The number of furan rings is 1. The summed E-state index contributed by atoms with van der Waals surface area (Å²) < 4.78 is 21.6. The average Bonchev–Trinajstić information content (AvgIpc) is 3.35. The zero-order valence-corrected chi connectivity index (χ0v) is 15.9. The van der Waals surface area contributed by atoms with Gasteiger partial charge in [-0.25, -0.2) is 0 Å². The highest BCUT2D eigenvalue weighted by atomic mass is 16.6. The Bertz CT molecular complexity index is 948. The van der Waals surface area contributed by atoms with E-state index in [2.05, 4.69) is 0 Å². The van der Waals surface area contributed by atoms with Crippen LogP contribution < -0.4 is 9.47 Å². The summed E-state index contributed by atoms with van der Waals surface area (Å²) in [5.41, 5.74) is 0.347. The number of hydrogen-bond acceptors (Lipinski definition) is 7. The molecule has 8 nitrogen and oxygen atoms in total. The Balaban J connectivity index is 1.77. The van der Waals surface area contributed by atoms with Gasteiger partial charge in [-0.05, 0) is 36.8 Å². The highest BCUT2D eigenvalue weighted by Crippen LogP contribution is 2.41. The number of hydrogen-bond donors (Lipinski definition) is 1. The van der Waals surface area contributed by atoms with Crippen LogP contribution in [0, 0.1) is 0 Å². The second kappa shape index (κ2) is 8.00. The standard InChI is InChI=1S/C21H21NO7/c1-26-8-3-7-22-18(15-4-2-9-27-15)17(20(24)21(22)25)19(23)13-5-6-14-16(12-13)29-11-10-28-14/h2,4-6,9,12,18,23H,3,7-8,10-11H2,1H3/t18-/m0/s1. The van der Waals surface area contributed by atoms with Crippen molar-refractivity contribution in [3.05, 3.63) is 53.5 Å².